The molecule has 6 heteroatoms. The Balaban J connectivity index is 0.000000924. The van der Waals surface area contributed by atoms with E-state index in [2.05, 4.69) is 34.9 Å². The van der Waals surface area contributed by atoms with Crippen molar-refractivity contribution < 1.29 is 0 Å². The summed E-state index contributed by atoms with van der Waals surface area (Å²) in [4.78, 5) is 9.90. The largest absolute Gasteiger partial charge is 0.369 e. The maximum absolute atomic E-state index is 8.13. The van der Waals surface area contributed by atoms with E-state index in [1.807, 2.05) is 24.7 Å². The summed E-state index contributed by atoms with van der Waals surface area (Å²) in [6.45, 7) is 9.97. The van der Waals surface area contributed by atoms with Gasteiger partial charge in [-0.25, -0.2) is 4.98 Å². The smallest absolute Gasteiger partial charge is 0.140 e. The molecule has 0 bridgehead atoms. The number of thioether (sulfide) groups is 1. The van der Waals surface area contributed by atoms with Crippen molar-refractivity contribution in [3.63, 3.8) is 0 Å². The van der Waals surface area contributed by atoms with Crippen LogP contribution in [-0.2, 0) is 0 Å². The van der Waals surface area contributed by atoms with Crippen LogP contribution in [0.5, 0.6) is 0 Å². The number of aromatic nitrogens is 2. The van der Waals surface area contributed by atoms with Crippen molar-refractivity contribution >= 4 is 33.5 Å². The van der Waals surface area contributed by atoms with Crippen LogP contribution in [-0.4, -0.2) is 39.9 Å². The summed E-state index contributed by atoms with van der Waals surface area (Å²) >= 11 is 1.45. The summed E-state index contributed by atoms with van der Waals surface area (Å²) in [5.41, 5.74) is 9.22. The summed E-state index contributed by atoms with van der Waals surface area (Å²) in [5.74, 6) is 0. The number of nitrogens with two attached hydrogens (primary N) is 1. The van der Waals surface area contributed by atoms with Gasteiger partial charge in [0.15, 0.2) is 0 Å². The van der Waals surface area contributed by atoms with Crippen LogP contribution < -0.4 is 10.6 Å². The predicted octanol–water partition coefficient (Wildman–Crippen LogP) is 3.37. The molecular weight excluding hydrogens is 306 g/mol. The van der Waals surface area contributed by atoms with E-state index in [1.54, 1.807) is 0 Å². The van der Waals surface area contributed by atoms with E-state index in [4.69, 9.17) is 11.1 Å². The van der Waals surface area contributed by atoms with Crippen LogP contribution in [0.3, 0.4) is 0 Å². The molecule has 1 aliphatic heterocycles. The lowest BCUT2D eigenvalue weighted by atomic mass is 9.97. The Morgan fingerprint density at radius 3 is 2.91 bits per heavy atom. The van der Waals surface area contributed by atoms with E-state index < -0.39 is 0 Å². The zero-order valence-electron chi connectivity index (χ0n) is 13.9. The zero-order valence-corrected chi connectivity index (χ0v) is 14.7. The van der Waals surface area contributed by atoms with E-state index in [0.717, 1.165) is 48.2 Å². The first-order chi connectivity index (χ1) is 11.1. The van der Waals surface area contributed by atoms with Gasteiger partial charge in [0.1, 0.15) is 5.65 Å². The molecule has 1 saturated heterocycles. The summed E-state index contributed by atoms with van der Waals surface area (Å²) in [5, 5.41) is 9.73. The van der Waals surface area contributed by atoms with Gasteiger partial charge in [0, 0.05) is 36.6 Å². The summed E-state index contributed by atoms with van der Waals surface area (Å²) < 4.78 is 0. The van der Waals surface area contributed by atoms with E-state index in [0.29, 0.717) is 5.04 Å². The average Bonchev–Trinajstić information content (AvgIpc) is 3.20. The van der Waals surface area contributed by atoms with E-state index in [9.17, 15) is 0 Å². The second-order valence-electron chi connectivity index (χ2n) is 5.68. The Morgan fingerprint density at radius 2 is 2.30 bits per heavy atom. The minimum absolute atomic E-state index is 0.0981. The number of aromatic amines is 1. The van der Waals surface area contributed by atoms with Crippen LogP contribution in [0.25, 0.3) is 11.0 Å². The van der Waals surface area contributed by atoms with Crippen LogP contribution in [0.1, 0.15) is 25.3 Å². The number of rotatable bonds is 3. The van der Waals surface area contributed by atoms with Crippen molar-refractivity contribution in [3.05, 3.63) is 37.2 Å². The van der Waals surface area contributed by atoms with Crippen molar-refractivity contribution in [1.29, 1.82) is 5.41 Å². The van der Waals surface area contributed by atoms with Crippen molar-refractivity contribution in [3.8, 4) is 0 Å². The van der Waals surface area contributed by atoms with Gasteiger partial charge in [-0.3, -0.25) is 5.41 Å². The van der Waals surface area contributed by atoms with E-state index >= 15 is 0 Å². The molecule has 23 heavy (non-hydrogen) atoms. The molecule has 4 N–H and O–H groups in total. The third kappa shape index (κ3) is 3.28. The Bertz CT molecular complexity index is 695. The Morgan fingerprint density at radius 1 is 1.57 bits per heavy atom. The molecule has 1 unspecified atom stereocenters. The molecule has 0 saturated carbocycles. The standard InChI is InChI=1S/C15H21N5S.C2H4/c1-3-15(17)5-7-20(9-15)11-4-6-18-14-12(11)10(8-19-14)13(16)21-2;1-2/h4,6,8,16H,3,5,7,9,17H2,1-2H3,(H,18,19);1-2H2. The first kappa shape index (κ1) is 17.6. The fraction of sp³-hybridized carbons (Fsp3) is 0.412. The van der Waals surface area contributed by atoms with Crippen LogP contribution >= 0.6 is 11.8 Å². The predicted molar refractivity (Wildman–Crippen MR) is 102 cm³/mol. The highest BCUT2D eigenvalue weighted by Gasteiger charge is 2.33. The first-order valence-electron chi connectivity index (χ1n) is 7.71. The number of pyridine rings is 1. The highest BCUT2D eigenvalue weighted by atomic mass is 32.2. The summed E-state index contributed by atoms with van der Waals surface area (Å²) in [6.07, 6.45) is 7.62. The summed E-state index contributed by atoms with van der Waals surface area (Å²) in [6, 6.07) is 2.04. The van der Waals surface area contributed by atoms with Gasteiger partial charge in [0.05, 0.1) is 16.1 Å². The van der Waals surface area contributed by atoms with Crippen LogP contribution in [0, 0.1) is 5.41 Å². The van der Waals surface area contributed by atoms with E-state index in [1.165, 1.54) is 11.8 Å². The minimum Gasteiger partial charge on any atom is -0.369 e. The Hall–Kier alpha value is -1.79. The molecule has 3 heterocycles. The maximum Gasteiger partial charge on any atom is 0.140 e. The molecule has 0 aromatic carbocycles. The molecule has 2 aromatic rings. The number of anilines is 1. The van der Waals surface area contributed by atoms with Crippen LogP contribution in [0.4, 0.5) is 5.69 Å². The fourth-order valence-corrected chi connectivity index (χ4v) is 3.36. The number of nitrogens with one attached hydrogen (secondary N) is 2. The molecule has 0 radical (unpaired) electrons. The van der Waals surface area contributed by atoms with Gasteiger partial charge in [0.2, 0.25) is 0 Å². The minimum atomic E-state index is -0.0981. The van der Waals surface area contributed by atoms with Gasteiger partial charge < -0.3 is 15.6 Å². The van der Waals surface area contributed by atoms with Crippen molar-refractivity contribution in [2.24, 2.45) is 5.73 Å². The summed E-state index contributed by atoms with van der Waals surface area (Å²) in [7, 11) is 0. The molecule has 0 aliphatic carbocycles. The second kappa shape index (κ2) is 7.19. The Labute approximate surface area is 141 Å². The van der Waals surface area contributed by atoms with Gasteiger partial charge in [-0.2, -0.15) is 0 Å². The Kier molecular flexibility index (Phi) is 5.49. The molecule has 1 aliphatic rings. The van der Waals surface area contributed by atoms with Crippen molar-refractivity contribution in [2.75, 3.05) is 24.2 Å². The lowest BCUT2D eigenvalue weighted by Gasteiger charge is -2.24. The topological polar surface area (TPSA) is 81.8 Å². The normalized spacial score (nSPS) is 20.4. The third-order valence-corrected chi connectivity index (χ3v) is 5.06. The lowest BCUT2D eigenvalue weighted by molar-refractivity contribution is 0.457. The van der Waals surface area contributed by atoms with Gasteiger partial charge in [0.25, 0.3) is 0 Å². The van der Waals surface area contributed by atoms with Crippen LogP contribution in [0.15, 0.2) is 31.6 Å². The second-order valence-corrected chi connectivity index (χ2v) is 6.49. The number of fused-ring (bicyclic) bond motifs is 1. The average molecular weight is 331 g/mol. The molecule has 124 valence electrons. The maximum atomic E-state index is 8.13. The molecule has 1 atom stereocenters. The lowest BCUT2D eigenvalue weighted by Crippen LogP contribution is -2.41. The first-order valence-corrected chi connectivity index (χ1v) is 8.93. The number of hydrogen-bond acceptors (Lipinski definition) is 5. The molecule has 0 amide bonds. The molecule has 5 nitrogen and oxygen atoms in total. The SMILES string of the molecule is C=C.CCC1(N)CCN(c2ccnc3[nH]cc(C(=N)SC)c23)C1. The highest BCUT2D eigenvalue weighted by Crippen LogP contribution is 2.34. The van der Waals surface area contributed by atoms with Gasteiger partial charge >= 0.3 is 0 Å². The van der Waals surface area contributed by atoms with Gasteiger partial charge in [-0.15, -0.1) is 24.9 Å². The van der Waals surface area contributed by atoms with Crippen LogP contribution in [0.2, 0.25) is 0 Å². The van der Waals surface area contributed by atoms with Crippen molar-refractivity contribution in [1.82, 2.24) is 9.97 Å². The molecule has 2 aromatic heterocycles. The molecule has 1 fully saturated rings. The highest BCUT2D eigenvalue weighted by molar-refractivity contribution is 8.13. The van der Waals surface area contributed by atoms with E-state index in [-0.39, 0.29) is 5.54 Å². The zero-order chi connectivity index (χ0) is 17.0. The molecule has 0 spiro atoms. The number of hydrogen-bond donors (Lipinski definition) is 3. The number of nitrogens with zero attached hydrogens (tertiary/aromatic N) is 2. The number of H-pyrrole nitrogens is 1. The fourth-order valence-electron chi connectivity index (χ4n) is 2.98. The monoisotopic (exact) mass is 331 g/mol. The molecule has 3 rings (SSSR count). The van der Waals surface area contributed by atoms with Crippen molar-refractivity contribution in [2.45, 2.75) is 25.3 Å². The molecular formula is C17H25N5S. The quantitative estimate of drug-likeness (QED) is 0.457. The van der Waals surface area contributed by atoms with Gasteiger partial charge in [-0.1, -0.05) is 6.92 Å². The third-order valence-electron chi connectivity index (χ3n) is 4.43. The van der Waals surface area contributed by atoms with Gasteiger partial charge in [-0.05, 0) is 25.2 Å².